The third-order valence-corrected chi connectivity index (χ3v) is 6.24. The van der Waals surface area contributed by atoms with E-state index < -0.39 is 5.66 Å². The molecule has 4 rings (SSSR count). The van der Waals surface area contributed by atoms with Crippen LogP contribution in [0.2, 0.25) is 0 Å². The molecule has 1 aliphatic carbocycles. The lowest BCUT2D eigenvalue weighted by atomic mass is 9.86. The zero-order chi connectivity index (χ0) is 20.8. The van der Waals surface area contributed by atoms with Crippen LogP contribution in [0.3, 0.4) is 0 Å². The molecule has 1 saturated carbocycles. The van der Waals surface area contributed by atoms with Crippen LogP contribution in [0.15, 0.2) is 53.5 Å². The molecule has 5 heteroatoms. The van der Waals surface area contributed by atoms with E-state index >= 15 is 0 Å². The molecule has 1 spiro atoms. The third kappa shape index (κ3) is 3.52. The van der Waals surface area contributed by atoms with Gasteiger partial charge in [0.05, 0.1) is 0 Å². The van der Waals surface area contributed by atoms with Crippen molar-refractivity contribution in [3.63, 3.8) is 0 Å². The summed E-state index contributed by atoms with van der Waals surface area (Å²) in [6.07, 6.45) is 3.61. The minimum absolute atomic E-state index is 0.0633. The second-order valence-corrected chi connectivity index (χ2v) is 9.32. The summed E-state index contributed by atoms with van der Waals surface area (Å²) in [6, 6.07) is 13.9. The van der Waals surface area contributed by atoms with E-state index in [4.69, 9.17) is 17.2 Å². The van der Waals surface area contributed by atoms with Gasteiger partial charge >= 0.3 is 0 Å². The Kier molecular flexibility index (Phi) is 4.89. The Hall–Kier alpha value is -2.40. The highest BCUT2D eigenvalue weighted by Gasteiger charge is 2.50. The maximum Gasteiger partial charge on any atom is 0.260 e. The zero-order valence-corrected chi connectivity index (χ0v) is 17.9. The van der Waals surface area contributed by atoms with Crippen LogP contribution in [-0.2, 0) is 5.41 Å². The number of carbonyl (C=O) groups excluding carboxylic acids is 1. The summed E-state index contributed by atoms with van der Waals surface area (Å²) >= 11 is 5.76. The van der Waals surface area contributed by atoms with Gasteiger partial charge in [0, 0.05) is 11.1 Å². The topological polar surface area (TPSA) is 32.7 Å². The van der Waals surface area contributed by atoms with Crippen molar-refractivity contribution in [1.29, 1.82) is 0 Å². The van der Waals surface area contributed by atoms with Crippen molar-refractivity contribution in [1.82, 2.24) is 4.90 Å². The summed E-state index contributed by atoms with van der Waals surface area (Å²) in [4.78, 5) is 20.5. The fourth-order valence-corrected chi connectivity index (χ4v) is 4.61. The van der Waals surface area contributed by atoms with Crippen LogP contribution >= 0.6 is 12.2 Å². The molecule has 2 aliphatic rings. The quantitative estimate of drug-likeness (QED) is 0.600. The van der Waals surface area contributed by atoms with Gasteiger partial charge in [-0.3, -0.25) is 14.7 Å². The molecule has 0 unspecified atom stereocenters. The molecule has 1 amide bonds. The average Bonchev–Trinajstić information content (AvgIpc) is 3.26. The molecule has 0 atom stereocenters. The van der Waals surface area contributed by atoms with Crippen molar-refractivity contribution in [2.75, 3.05) is 0 Å². The Morgan fingerprint density at radius 3 is 2.17 bits per heavy atom. The summed E-state index contributed by atoms with van der Waals surface area (Å²) in [7, 11) is 0. The van der Waals surface area contributed by atoms with Gasteiger partial charge in [0.25, 0.3) is 5.91 Å². The molecule has 1 heterocycles. The summed E-state index contributed by atoms with van der Waals surface area (Å²) in [5.41, 5.74) is 2.76. The first-order valence-electron chi connectivity index (χ1n) is 10.1. The predicted octanol–water partition coefficient (Wildman–Crippen LogP) is 5.67. The van der Waals surface area contributed by atoms with Crippen LogP contribution in [0, 0.1) is 5.82 Å². The zero-order valence-electron chi connectivity index (χ0n) is 17.0. The maximum absolute atomic E-state index is 13.3. The van der Waals surface area contributed by atoms with Crippen molar-refractivity contribution in [2.45, 2.75) is 57.5 Å². The highest BCUT2D eigenvalue weighted by Crippen LogP contribution is 2.42. The number of thiocarbonyl (C=S) groups is 1. The van der Waals surface area contributed by atoms with E-state index in [2.05, 4.69) is 32.9 Å². The summed E-state index contributed by atoms with van der Waals surface area (Å²) in [5.74, 6) is -0.570. The molecule has 1 aliphatic heterocycles. The average molecular weight is 409 g/mol. The monoisotopic (exact) mass is 408 g/mol. The van der Waals surface area contributed by atoms with Crippen LogP contribution in [0.4, 0.5) is 4.39 Å². The number of rotatable bonds is 2. The van der Waals surface area contributed by atoms with Crippen molar-refractivity contribution < 1.29 is 9.18 Å². The minimum atomic E-state index is -0.611. The molecule has 3 nitrogen and oxygen atoms in total. The normalized spacial score (nSPS) is 18.4. The Morgan fingerprint density at radius 2 is 1.62 bits per heavy atom. The molecular formula is C24H25FN2OS. The van der Waals surface area contributed by atoms with E-state index in [9.17, 15) is 9.18 Å². The molecule has 2 aromatic rings. The molecule has 0 N–H and O–H groups in total. The van der Waals surface area contributed by atoms with Gasteiger partial charge in [-0.05, 0) is 60.9 Å². The SMILES string of the molecule is CC(C)(C)c1ccc(C2=NC3(CCCC3)N(C(=O)c3ccc(F)cc3)C2=S)cc1. The van der Waals surface area contributed by atoms with Crippen LogP contribution in [0.5, 0.6) is 0 Å². The van der Waals surface area contributed by atoms with E-state index in [1.807, 2.05) is 12.1 Å². The molecule has 0 saturated heterocycles. The van der Waals surface area contributed by atoms with Gasteiger partial charge in [-0.1, -0.05) is 57.3 Å². The van der Waals surface area contributed by atoms with Crippen LogP contribution in [-0.4, -0.2) is 27.2 Å². The molecule has 2 aromatic carbocycles. The third-order valence-electron chi connectivity index (χ3n) is 5.86. The highest BCUT2D eigenvalue weighted by atomic mass is 32.1. The molecule has 150 valence electrons. The van der Waals surface area contributed by atoms with Gasteiger partial charge in [-0.2, -0.15) is 0 Å². The largest absolute Gasteiger partial charge is 0.271 e. The Morgan fingerprint density at radius 1 is 1.03 bits per heavy atom. The van der Waals surface area contributed by atoms with Gasteiger partial charge in [-0.25, -0.2) is 4.39 Å². The van der Waals surface area contributed by atoms with E-state index in [0.717, 1.165) is 31.2 Å². The van der Waals surface area contributed by atoms with Crippen LogP contribution in [0.1, 0.15) is 67.9 Å². The fraction of sp³-hybridized carbons (Fsp3) is 0.375. The molecule has 0 aromatic heterocycles. The number of nitrogens with zero attached hydrogens (tertiary/aromatic N) is 2. The summed E-state index contributed by atoms with van der Waals surface area (Å²) < 4.78 is 13.3. The standard InChI is InChI=1S/C24H25FN2OS/c1-23(2,3)18-10-6-16(7-11-18)20-22(29)27(24(26-20)14-4-5-15-24)21(28)17-8-12-19(25)13-9-17/h6-13H,4-5,14-15H2,1-3H3. The van der Waals surface area contributed by atoms with Crippen LogP contribution in [0.25, 0.3) is 0 Å². The number of hydrogen-bond donors (Lipinski definition) is 0. The molecule has 29 heavy (non-hydrogen) atoms. The Bertz CT molecular complexity index is 981. The Balaban J connectivity index is 1.71. The van der Waals surface area contributed by atoms with E-state index in [0.29, 0.717) is 16.3 Å². The number of aliphatic imine (C=N–C) groups is 1. The number of halogens is 1. The number of carbonyl (C=O) groups is 1. The number of benzene rings is 2. The summed E-state index contributed by atoms with van der Waals surface area (Å²) in [5, 5.41) is 0. The van der Waals surface area contributed by atoms with Gasteiger partial charge in [-0.15, -0.1) is 0 Å². The van der Waals surface area contributed by atoms with E-state index in [-0.39, 0.29) is 17.1 Å². The lowest BCUT2D eigenvalue weighted by Crippen LogP contribution is -2.48. The second-order valence-electron chi connectivity index (χ2n) is 8.93. The minimum Gasteiger partial charge on any atom is -0.271 e. The highest BCUT2D eigenvalue weighted by molar-refractivity contribution is 7.82. The molecule has 0 radical (unpaired) electrons. The van der Waals surface area contributed by atoms with Gasteiger partial charge in [0.1, 0.15) is 22.2 Å². The summed E-state index contributed by atoms with van der Waals surface area (Å²) in [6.45, 7) is 6.53. The Labute approximate surface area is 176 Å². The van der Waals surface area contributed by atoms with Gasteiger partial charge < -0.3 is 0 Å². The lowest BCUT2D eigenvalue weighted by Gasteiger charge is -2.32. The van der Waals surface area contributed by atoms with Crippen LogP contribution < -0.4 is 0 Å². The number of hydrogen-bond acceptors (Lipinski definition) is 3. The number of amides is 1. The van der Waals surface area contributed by atoms with Crippen molar-refractivity contribution in [2.24, 2.45) is 4.99 Å². The molecule has 0 bridgehead atoms. The lowest BCUT2D eigenvalue weighted by molar-refractivity contribution is 0.0724. The van der Waals surface area contributed by atoms with Crippen molar-refractivity contribution in [3.05, 3.63) is 71.0 Å². The second kappa shape index (κ2) is 7.13. The fourth-order valence-electron chi connectivity index (χ4n) is 4.20. The first-order valence-corrected chi connectivity index (χ1v) is 10.5. The van der Waals surface area contributed by atoms with Gasteiger partial charge in [0.2, 0.25) is 0 Å². The predicted molar refractivity (Wildman–Crippen MR) is 118 cm³/mol. The van der Waals surface area contributed by atoms with Gasteiger partial charge in [0.15, 0.2) is 0 Å². The smallest absolute Gasteiger partial charge is 0.260 e. The molecule has 1 fully saturated rings. The van der Waals surface area contributed by atoms with Crippen molar-refractivity contribution >= 4 is 28.8 Å². The first-order chi connectivity index (χ1) is 13.7. The first kappa shape index (κ1) is 19.9. The van der Waals surface area contributed by atoms with Crippen molar-refractivity contribution in [3.8, 4) is 0 Å². The van der Waals surface area contributed by atoms with E-state index in [1.165, 1.54) is 29.8 Å². The van der Waals surface area contributed by atoms with E-state index in [1.54, 1.807) is 4.90 Å². The maximum atomic E-state index is 13.3. The molecular weight excluding hydrogens is 383 g/mol.